The maximum absolute atomic E-state index is 12.8. The van der Waals surface area contributed by atoms with E-state index < -0.39 is 0 Å². The molecular weight excluding hydrogens is 278 g/mol. The summed E-state index contributed by atoms with van der Waals surface area (Å²) in [5, 5.41) is 0.862. The second-order valence-corrected chi connectivity index (χ2v) is 6.12. The molecule has 1 aliphatic heterocycles. The van der Waals surface area contributed by atoms with Crippen LogP contribution < -0.4 is 4.90 Å². The van der Waals surface area contributed by atoms with Crippen molar-refractivity contribution in [1.82, 2.24) is 9.47 Å². The Morgan fingerprint density at radius 2 is 1.77 bits per heavy atom. The van der Waals surface area contributed by atoms with Crippen molar-refractivity contribution in [3.05, 3.63) is 35.5 Å². The van der Waals surface area contributed by atoms with E-state index in [1.807, 2.05) is 42.8 Å². The van der Waals surface area contributed by atoms with E-state index in [1.165, 1.54) is 4.90 Å². The first-order chi connectivity index (χ1) is 10.5. The summed E-state index contributed by atoms with van der Waals surface area (Å²) in [6.07, 6.45) is 0. The third kappa shape index (κ3) is 2.31. The zero-order chi connectivity index (χ0) is 15.9. The van der Waals surface area contributed by atoms with Crippen molar-refractivity contribution in [2.24, 2.45) is 7.05 Å². The van der Waals surface area contributed by atoms with E-state index in [0.717, 1.165) is 29.7 Å². The molecule has 0 spiro atoms. The van der Waals surface area contributed by atoms with Gasteiger partial charge in [0.25, 0.3) is 11.7 Å². The predicted octanol–water partition coefficient (Wildman–Crippen LogP) is 0.0263. The molecule has 0 aliphatic carbocycles. The Hall–Kier alpha value is -2.14. The molecule has 1 saturated heterocycles. The van der Waals surface area contributed by atoms with Gasteiger partial charge in [-0.25, -0.2) is 0 Å². The number of aromatic nitrogens is 1. The summed E-state index contributed by atoms with van der Waals surface area (Å²) in [5.41, 5.74) is 2.38. The zero-order valence-electron chi connectivity index (χ0n) is 13.3. The molecule has 1 amide bonds. The Kier molecular flexibility index (Phi) is 3.74. The zero-order valence-corrected chi connectivity index (χ0v) is 13.3. The summed E-state index contributed by atoms with van der Waals surface area (Å²) in [7, 11) is 4.04. The Morgan fingerprint density at radius 1 is 1.14 bits per heavy atom. The number of fused-ring (bicyclic) bond motifs is 1. The van der Waals surface area contributed by atoms with Gasteiger partial charge < -0.3 is 14.4 Å². The average molecular weight is 300 g/mol. The number of Topliss-reactive ketones (excluding diaryl/α,β-unsaturated/α-hetero) is 1. The van der Waals surface area contributed by atoms with E-state index in [0.29, 0.717) is 18.7 Å². The Morgan fingerprint density at radius 3 is 2.45 bits per heavy atom. The van der Waals surface area contributed by atoms with E-state index in [4.69, 9.17) is 0 Å². The molecule has 5 heteroatoms. The molecule has 0 saturated carbocycles. The highest BCUT2D eigenvalue weighted by atomic mass is 16.2. The number of benzene rings is 1. The monoisotopic (exact) mass is 300 g/mol. The summed E-state index contributed by atoms with van der Waals surface area (Å²) >= 11 is 0. The molecule has 5 nitrogen and oxygen atoms in total. The molecule has 2 aromatic rings. The number of hydrogen-bond acceptors (Lipinski definition) is 2. The minimum Gasteiger partial charge on any atom is -0.347 e. The number of quaternary nitrogens is 1. The van der Waals surface area contributed by atoms with E-state index >= 15 is 0 Å². The van der Waals surface area contributed by atoms with Gasteiger partial charge in [0.1, 0.15) is 0 Å². The van der Waals surface area contributed by atoms with E-state index in [-0.39, 0.29) is 11.7 Å². The lowest BCUT2D eigenvalue weighted by Crippen LogP contribution is -3.12. The fourth-order valence-corrected chi connectivity index (χ4v) is 3.15. The lowest BCUT2D eigenvalue weighted by molar-refractivity contribution is -0.883. The number of nitrogens with zero attached hydrogens (tertiary/aromatic N) is 2. The largest absolute Gasteiger partial charge is 0.347 e. The molecule has 1 aliphatic rings. The quantitative estimate of drug-likeness (QED) is 0.628. The van der Waals surface area contributed by atoms with Crippen LogP contribution >= 0.6 is 0 Å². The van der Waals surface area contributed by atoms with Crippen molar-refractivity contribution in [3.8, 4) is 0 Å². The lowest BCUT2D eigenvalue weighted by Gasteiger charge is -2.29. The van der Waals surface area contributed by atoms with Gasteiger partial charge in [-0.3, -0.25) is 9.59 Å². The predicted molar refractivity (Wildman–Crippen MR) is 85.2 cm³/mol. The second-order valence-electron chi connectivity index (χ2n) is 6.12. The van der Waals surface area contributed by atoms with Crippen molar-refractivity contribution < 1.29 is 14.5 Å². The van der Waals surface area contributed by atoms with Crippen LogP contribution in [-0.2, 0) is 11.8 Å². The van der Waals surface area contributed by atoms with Crippen LogP contribution in [-0.4, -0.2) is 54.4 Å². The molecular formula is C17H22N3O2+. The van der Waals surface area contributed by atoms with Crippen LogP contribution in [0, 0.1) is 6.92 Å². The fourth-order valence-electron chi connectivity index (χ4n) is 3.15. The summed E-state index contributed by atoms with van der Waals surface area (Å²) in [6, 6.07) is 7.74. The molecule has 1 aromatic heterocycles. The molecule has 0 atom stereocenters. The van der Waals surface area contributed by atoms with Crippen LogP contribution in [0.4, 0.5) is 0 Å². The number of aryl methyl sites for hydroxylation is 1. The number of ketones is 1. The summed E-state index contributed by atoms with van der Waals surface area (Å²) < 4.78 is 1.98. The van der Waals surface area contributed by atoms with Gasteiger partial charge in [-0.1, -0.05) is 18.2 Å². The Bertz CT molecular complexity index is 740. The number of carbonyl (C=O) groups excluding carboxylic acids is 2. The average Bonchev–Trinajstić information content (AvgIpc) is 2.79. The first kappa shape index (κ1) is 14.8. The first-order valence-corrected chi connectivity index (χ1v) is 7.69. The van der Waals surface area contributed by atoms with E-state index in [9.17, 15) is 9.59 Å². The number of para-hydroxylation sites is 1. The van der Waals surface area contributed by atoms with E-state index in [1.54, 1.807) is 4.90 Å². The summed E-state index contributed by atoms with van der Waals surface area (Å²) in [6.45, 7) is 5.00. The smallest absolute Gasteiger partial charge is 0.295 e. The first-order valence-electron chi connectivity index (χ1n) is 7.69. The van der Waals surface area contributed by atoms with Crippen molar-refractivity contribution in [2.75, 3.05) is 33.2 Å². The van der Waals surface area contributed by atoms with Gasteiger partial charge in [-0.2, -0.15) is 0 Å². The molecule has 22 heavy (non-hydrogen) atoms. The van der Waals surface area contributed by atoms with Crippen LogP contribution in [0.15, 0.2) is 24.3 Å². The van der Waals surface area contributed by atoms with Gasteiger partial charge in [0.05, 0.1) is 38.8 Å². The summed E-state index contributed by atoms with van der Waals surface area (Å²) in [5.74, 6) is -0.749. The number of rotatable bonds is 2. The van der Waals surface area contributed by atoms with Crippen molar-refractivity contribution in [3.63, 3.8) is 0 Å². The van der Waals surface area contributed by atoms with Crippen molar-refractivity contribution in [2.45, 2.75) is 6.92 Å². The van der Waals surface area contributed by atoms with Crippen LogP contribution in [0.5, 0.6) is 0 Å². The maximum atomic E-state index is 12.8. The number of piperazine rings is 1. The van der Waals surface area contributed by atoms with Gasteiger partial charge in [-0.05, 0) is 13.0 Å². The maximum Gasteiger partial charge on any atom is 0.295 e. The van der Waals surface area contributed by atoms with Gasteiger partial charge in [0.15, 0.2) is 0 Å². The van der Waals surface area contributed by atoms with Gasteiger partial charge in [-0.15, -0.1) is 0 Å². The van der Waals surface area contributed by atoms with Gasteiger partial charge >= 0.3 is 0 Å². The number of carbonyl (C=O) groups is 2. The van der Waals surface area contributed by atoms with Crippen LogP contribution in [0.1, 0.15) is 16.1 Å². The minimum atomic E-state index is -0.381. The SMILES string of the molecule is Cc1c(C(=O)C(=O)N2CC[NH+](C)CC2)c2ccccc2n1C. The standard InChI is InChI=1S/C17H21N3O2/c1-12-15(13-6-4-5-7-14(13)19(12)3)16(21)17(22)20-10-8-18(2)9-11-20/h4-7H,8-11H2,1-3H3/p+1. The molecule has 0 bridgehead atoms. The molecule has 1 fully saturated rings. The number of hydrogen-bond donors (Lipinski definition) is 1. The van der Waals surface area contributed by atoms with Crippen LogP contribution in [0.3, 0.4) is 0 Å². The second kappa shape index (κ2) is 5.57. The van der Waals surface area contributed by atoms with Gasteiger partial charge in [0, 0.05) is 23.6 Å². The summed E-state index contributed by atoms with van der Waals surface area (Å²) in [4.78, 5) is 28.4. The Balaban J connectivity index is 1.96. The van der Waals surface area contributed by atoms with Crippen molar-refractivity contribution in [1.29, 1.82) is 0 Å². The number of nitrogens with one attached hydrogen (secondary N) is 1. The highest BCUT2D eigenvalue weighted by Crippen LogP contribution is 2.25. The number of amides is 1. The highest BCUT2D eigenvalue weighted by Gasteiger charge is 2.30. The minimum absolute atomic E-state index is 0.369. The molecule has 1 aromatic carbocycles. The molecule has 116 valence electrons. The fraction of sp³-hybridized carbons (Fsp3) is 0.412. The van der Waals surface area contributed by atoms with Gasteiger partial charge in [0.2, 0.25) is 0 Å². The van der Waals surface area contributed by atoms with Crippen molar-refractivity contribution >= 4 is 22.6 Å². The number of likely N-dealkylation sites (N-methyl/N-ethyl adjacent to an activating group) is 1. The Labute approximate surface area is 130 Å². The molecule has 0 radical (unpaired) electrons. The third-order valence-electron chi connectivity index (χ3n) is 4.73. The molecule has 2 heterocycles. The van der Waals surface area contributed by atoms with E-state index in [2.05, 4.69) is 7.05 Å². The topological polar surface area (TPSA) is 46.8 Å². The third-order valence-corrected chi connectivity index (χ3v) is 4.73. The highest BCUT2D eigenvalue weighted by molar-refractivity contribution is 6.45. The molecule has 1 N–H and O–H groups in total. The van der Waals surface area contributed by atoms with Crippen LogP contribution in [0.2, 0.25) is 0 Å². The molecule has 3 rings (SSSR count). The molecule has 0 unspecified atom stereocenters. The lowest BCUT2D eigenvalue weighted by atomic mass is 10.1. The van der Waals surface area contributed by atoms with Crippen LogP contribution in [0.25, 0.3) is 10.9 Å². The normalized spacial score (nSPS) is 16.2.